The van der Waals surface area contributed by atoms with Crippen LogP contribution in [0.25, 0.3) is 0 Å². The molecule has 2 heterocycles. The molecule has 0 radical (unpaired) electrons. The summed E-state index contributed by atoms with van der Waals surface area (Å²) < 4.78 is 24.2. The molecule has 1 N–H and O–H groups in total. The molecule has 2 saturated carbocycles. The second kappa shape index (κ2) is 7.82. The highest BCUT2D eigenvalue weighted by atomic mass is 16.5. The molecule has 6 nitrogen and oxygen atoms in total. The van der Waals surface area contributed by atoms with Gasteiger partial charge in [-0.05, 0) is 48.0 Å². The van der Waals surface area contributed by atoms with E-state index in [1.54, 1.807) is 7.11 Å². The summed E-state index contributed by atoms with van der Waals surface area (Å²) in [4.78, 5) is 12.8. The molecule has 1 aromatic carbocycles. The van der Waals surface area contributed by atoms with Crippen LogP contribution in [0.15, 0.2) is 12.1 Å². The first-order chi connectivity index (χ1) is 15.3. The lowest BCUT2D eigenvalue weighted by molar-refractivity contribution is -0.139. The standard InChI is InChI=1S/C26H37NO5/c1-15(2)23(28)27-24-25(3,4)16-11-18-22(32-10-7-26(18,24)14-16)17-12-20-21(13-19(17)29-5)31-9-6-8-30-20/h12-13,15-16,18,22,24H,6-11,14H2,1-5H3,(H,27,28)/t16-,18-,22-,24+,26?/m1/s1. The summed E-state index contributed by atoms with van der Waals surface area (Å²) in [7, 11) is 1.71. The van der Waals surface area contributed by atoms with E-state index in [1.807, 2.05) is 19.9 Å². The van der Waals surface area contributed by atoms with Gasteiger partial charge in [-0.15, -0.1) is 0 Å². The van der Waals surface area contributed by atoms with E-state index in [2.05, 4.69) is 25.2 Å². The molecule has 176 valence electrons. The lowest BCUT2D eigenvalue weighted by Crippen LogP contribution is -2.59. The zero-order chi connectivity index (χ0) is 22.7. The normalized spacial score (nSPS) is 34.7. The van der Waals surface area contributed by atoms with Crippen LogP contribution < -0.4 is 19.5 Å². The third kappa shape index (κ3) is 3.20. The summed E-state index contributed by atoms with van der Waals surface area (Å²) in [6, 6.07) is 4.18. The Hall–Kier alpha value is -1.95. The van der Waals surface area contributed by atoms with Crippen molar-refractivity contribution >= 4 is 5.91 Å². The number of carbonyl (C=O) groups excluding carboxylic acids is 1. The molecule has 5 atom stereocenters. The Morgan fingerprint density at radius 1 is 1.16 bits per heavy atom. The van der Waals surface area contributed by atoms with Gasteiger partial charge in [-0.25, -0.2) is 0 Å². The van der Waals surface area contributed by atoms with Crippen LogP contribution in [0.3, 0.4) is 0 Å². The highest BCUT2D eigenvalue weighted by Gasteiger charge is 2.68. The van der Waals surface area contributed by atoms with Gasteiger partial charge < -0.3 is 24.3 Å². The van der Waals surface area contributed by atoms with E-state index in [0.717, 1.165) is 48.5 Å². The molecule has 2 aliphatic heterocycles. The first-order valence-corrected chi connectivity index (χ1v) is 12.2. The van der Waals surface area contributed by atoms with Gasteiger partial charge in [-0.3, -0.25) is 4.79 Å². The van der Waals surface area contributed by atoms with E-state index in [4.69, 9.17) is 18.9 Å². The summed E-state index contributed by atoms with van der Waals surface area (Å²) >= 11 is 0. The zero-order valence-corrected chi connectivity index (χ0v) is 20.0. The molecular formula is C26H37NO5. The van der Waals surface area contributed by atoms with Crippen LogP contribution in [0, 0.1) is 28.6 Å². The molecule has 2 bridgehead atoms. The third-order valence-electron chi connectivity index (χ3n) is 8.72. The molecule has 6 heteroatoms. The maximum Gasteiger partial charge on any atom is 0.222 e. The minimum absolute atomic E-state index is 0.0164. The number of nitrogens with one attached hydrogen (secondary N) is 1. The second-order valence-corrected chi connectivity index (χ2v) is 11.0. The minimum atomic E-state index is -0.0737. The van der Waals surface area contributed by atoms with Crippen molar-refractivity contribution in [1.82, 2.24) is 5.32 Å². The number of ether oxygens (including phenoxy) is 4. The van der Waals surface area contributed by atoms with E-state index < -0.39 is 0 Å². The first-order valence-electron chi connectivity index (χ1n) is 12.2. The Bertz CT molecular complexity index is 896. The van der Waals surface area contributed by atoms with Crippen molar-refractivity contribution in [1.29, 1.82) is 0 Å². The number of fused-ring (bicyclic) bond motifs is 2. The summed E-state index contributed by atoms with van der Waals surface area (Å²) in [6.45, 7) is 10.6. The van der Waals surface area contributed by atoms with Crippen molar-refractivity contribution in [3.05, 3.63) is 17.7 Å². The van der Waals surface area contributed by atoms with E-state index in [-0.39, 0.29) is 34.8 Å². The van der Waals surface area contributed by atoms with Crippen LogP contribution in [0.4, 0.5) is 0 Å². The summed E-state index contributed by atoms with van der Waals surface area (Å²) in [5, 5.41) is 3.48. The second-order valence-electron chi connectivity index (χ2n) is 11.0. The predicted octanol–water partition coefficient (Wildman–Crippen LogP) is 4.51. The van der Waals surface area contributed by atoms with Crippen molar-refractivity contribution in [2.45, 2.75) is 65.5 Å². The Morgan fingerprint density at radius 3 is 2.56 bits per heavy atom. The number of carbonyl (C=O) groups is 1. The quantitative estimate of drug-likeness (QED) is 0.742. The fourth-order valence-electron chi connectivity index (χ4n) is 7.01. The van der Waals surface area contributed by atoms with Gasteiger partial charge in [0.05, 0.1) is 26.4 Å². The van der Waals surface area contributed by atoms with Gasteiger partial charge in [0.2, 0.25) is 5.91 Å². The number of methoxy groups -OCH3 is 1. The van der Waals surface area contributed by atoms with Gasteiger partial charge in [0.15, 0.2) is 11.5 Å². The Morgan fingerprint density at radius 2 is 1.88 bits per heavy atom. The molecule has 1 amide bonds. The topological polar surface area (TPSA) is 66.0 Å². The molecule has 4 aliphatic rings. The van der Waals surface area contributed by atoms with Crippen molar-refractivity contribution in [3.8, 4) is 17.2 Å². The van der Waals surface area contributed by atoms with Gasteiger partial charge in [0.25, 0.3) is 0 Å². The van der Waals surface area contributed by atoms with Crippen LogP contribution in [0.1, 0.15) is 65.0 Å². The molecule has 32 heavy (non-hydrogen) atoms. The van der Waals surface area contributed by atoms with Crippen LogP contribution in [0.5, 0.6) is 17.2 Å². The van der Waals surface area contributed by atoms with Gasteiger partial charge in [-0.2, -0.15) is 0 Å². The average molecular weight is 444 g/mol. The highest BCUT2D eigenvalue weighted by molar-refractivity contribution is 5.78. The first kappa shape index (κ1) is 21.9. The molecule has 3 fully saturated rings. The summed E-state index contributed by atoms with van der Waals surface area (Å²) in [5.41, 5.74) is 1.18. The fourth-order valence-corrected chi connectivity index (χ4v) is 7.01. The molecular weight excluding hydrogens is 406 g/mol. The van der Waals surface area contributed by atoms with E-state index in [9.17, 15) is 4.79 Å². The van der Waals surface area contributed by atoms with Crippen LogP contribution in [-0.2, 0) is 9.53 Å². The zero-order valence-electron chi connectivity index (χ0n) is 20.0. The number of benzene rings is 1. The van der Waals surface area contributed by atoms with Crippen molar-refractivity contribution in [2.75, 3.05) is 26.9 Å². The lowest BCUT2D eigenvalue weighted by Gasteiger charge is -2.53. The number of hydrogen-bond donors (Lipinski definition) is 1. The van der Waals surface area contributed by atoms with E-state index in [0.29, 0.717) is 31.7 Å². The van der Waals surface area contributed by atoms with Gasteiger partial charge >= 0.3 is 0 Å². The lowest BCUT2D eigenvalue weighted by atomic mass is 9.58. The smallest absolute Gasteiger partial charge is 0.222 e. The van der Waals surface area contributed by atoms with E-state index in [1.165, 1.54) is 0 Å². The van der Waals surface area contributed by atoms with Crippen LogP contribution in [0.2, 0.25) is 0 Å². The maximum atomic E-state index is 12.8. The number of amides is 1. The van der Waals surface area contributed by atoms with Crippen molar-refractivity contribution < 1.29 is 23.7 Å². The SMILES string of the molecule is COc1cc2c(cc1[C@H]1OCCC34C[C@@H](C[C@H]13)C(C)(C)[C@@H]4NC(=O)C(C)C)OCCCO2. The monoisotopic (exact) mass is 443 g/mol. The molecule has 5 rings (SSSR count). The summed E-state index contributed by atoms with van der Waals surface area (Å²) in [5.74, 6) is 3.35. The van der Waals surface area contributed by atoms with Gasteiger partial charge in [0.1, 0.15) is 5.75 Å². The van der Waals surface area contributed by atoms with Crippen LogP contribution >= 0.6 is 0 Å². The van der Waals surface area contributed by atoms with Crippen LogP contribution in [-0.4, -0.2) is 38.9 Å². The Kier molecular flexibility index (Phi) is 5.35. The largest absolute Gasteiger partial charge is 0.496 e. The molecule has 1 saturated heterocycles. The van der Waals surface area contributed by atoms with Crippen molar-refractivity contribution in [2.24, 2.45) is 28.6 Å². The molecule has 2 aliphatic carbocycles. The predicted molar refractivity (Wildman–Crippen MR) is 121 cm³/mol. The third-order valence-corrected chi connectivity index (χ3v) is 8.72. The number of rotatable bonds is 4. The molecule has 1 aromatic rings. The summed E-state index contributed by atoms with van der Waals surface area (Å²) in [6.07, 6.45) is 4.05. The van der Waals surface area contributed by atoms with Gasteiger partial charge in [0, 0.05) is 36.6 Å². The van der Waals surface area contributed by atoms with E-state index >= 15 is 0 Å². The molecule has 1 spiro atoms. The minimum Gasteiger partial charge on any atom is -0.496 e. The van der Waals surface area contributed by atoms with Crippen molar-refractivity contribution in [3.63, 3.8) is 0 Å². The fraction of sp³-hybridized carbons (Fsp3) is 0.731. The Labute approximate surface area is 191 Å². The highest BCUT2D eigenvalue weighted by Crippen LogP contribution is 2.71. The average Bonchev–Trinajstić information content (AvgIpc) is 3.14. The molecule has 1 unspecified atom stereocenters. The van der Waals surface area contributed by atoms with Gasteiger partial charge in [-0.1, -0.05) is 27.7 Å². The molecule has 0 aromatic heterocycles. The Balaban J connectivity index is 1.52. The maximum absolute atomic E-state index is 12.8. The number of hydrogen-bond acceptors (Lipinski definition) is 5.